The van der Waals surface area contributed by atoms with E-state index in [0.29, 0.717) is 16.5 Å². The van der Waals surface area contributed by atoms with Crippen molar-refractivity contribution in [1.29, 1.82) is 0 Å². The average Bonchev–Trinajstić information content (AvgIpc) is 3.02. The van der Waals surface area contributed by atoms with Crippen LogP contribution in [0.15, 0.2) is 51.6 Å². The molecule has 1 N–H and O–H groups in total. The van der Waals surface area contributed by atoms with Crippen molar-refractivity contribution in [2.24, 2.45) is 0 Å². The first-order valence-corrected chi connectivity index (χ1v) is 7.51. The summed E-state index contributed by atoms with van der Waals surface area (Å²) in [5.41, 5.74) is 0.287. The normalized spacial score (nSPS) is 11.3. The van der Waals surface area contributed by atoms with E-state index in [1.54, 1.807) is 18.2 Å². The van der Waals surface area contributed by atoms with Gasteiger partial charge >= 0.3 is 0 Å². The minimum Gasteiger partial charge on any atom is -0.292 e. The molecule has 108 valence electrons. The second kappa shape index (κ2) is 4.88. The van der Waals surface area contributed by atoms with E-state index in [2.05, 4.69) is 15.2 Å². The van der Waals surface area contributed by atoms with Crippen LogP contribution >= 0.6 is 11.3 Å². The quantitative estimate of drug-likeness (QED) is 0.611. The fraction of sp³-hybridized carbons (Fsp3) is 0.0667. The van der Waals surface area contributed by atoms with Gasteiger partial charge in [0.15, 0.2) is 0 Å². The van der Waals surface area contributed by atoms with Crippen LogP contribution in [0, 0.1) is 0 Å². The van der Waals surface area contributed by atoms with Gasteiger partial charge in [0.05, 0.1) is 29.3 Å². The van der Waals surface area contributed by atoms with Crippen molar-refractivity contribution in [3.63, 3.8) is 0 Å². The minimum atomic E-state index is -0.238. The van der Waals surface area contributed by atoms with Gasteiger partial charge in [0.2, 0.25) is 0 Å². The summed E-state index contributed by atoms with van der Waals surface area (Å²) in [7, 11) is 0. The molecule has 0 amide bonds. The van der Waals surface area contributed by atoms with Crippen LogP contribution in [-0.2, 0) is 6.54 Å². The Hall–Kier alpha value is -2.80. The minimum absolute atomic E-state index is 0.108. The number of hydrogen-bond acceptors (Lipinski definition) is 5. The molecule has 22 heavy (non-hydrogen) atoms. The molecule has 0 bridgehead atoms. The van der Waals surface area contributed by atoms with Crippen molar-refractivity contribution in [2.75, 3.05) is 0 Å². The van der Waals surface area contributed by atoms with E-state index in [1.165, 1.54) is 22.2 Å². The van der Waals surface area contributed by atoms with Crippen molar-refractivity contribution in [2.45, 2.75) is 6.54 Å². The molecule has 0 saturated carbocycles. The fourth-order valence-electron chi connectivity index (χ4n) is 2.46. The summed E-state index contributed by atoms with van der Waals surface area (Å²) in [6.45, 7) is 0.259. The predicted octanol–water partition coefficient (Wildman–Crippen LogP) is 1.74. The summed E-state index contributed by atoms with van der Waals surface area (Å²) in [6, 6.07) is 8.98. The molecule has 0 saturated heterocycles. The molecule has 0 atom stereocenters. The number of aromatic amines is 1. The predicted molar refractivity (Wildman–Crippen MR) is 85.3 cm³/mol. The second-order valence-electron chi connectivity index (χ2n) is 4.86. The van der Waals surface area contributed by atoms with Gasteiger partial charge in [0.25, 0.3) is 11.1 Å². The SMILES string of the molecule is O=c1[nH]nc(Cn2cnc3sccc3c2=O)c2ccccc12. The van der Waals surface area contributed by atoms with Crippen LogP contribution in [0.1, 0.15) is 5.69 Å². The Morgan fingerprint density at radius 2 is 1.91 bits per heavy atom. The highest BCUT2D eigenvalue weighted by Crippen LogP contribution is 2.15. The van der Waals surface area contributed by atoms with Crippen LogP contribution in [0.4, 0.5) is 0 Å². The molecule has 3 aromatic heterocycles. The Balaban J connectivity index is 1.90. The smallest absolute Gasteiger partial charge is 0.272 e. The van der Waals surface area contributed by atoms with E-state index in [9.17, 15) is 9.59 Å². The van der Waals surface area contributed by atoms with E-state index < -0.39 is 0 Å². The first kappa shape index (κ1) is 12.9. The lowest BCUT2D eigenvalue weighted by Crippen LogP contribution is -2.22. The highest BCUT2D eigenvalue weighted by Gasteiger charge is 2.10. The zero-order valence-corrected chi connectivity index (χ0v) is 12.1. The molecular formula is C15H10N4O2S. The molecule has 3 heterocycles. The van der Waals surface area contributed by atoms with Crippen LogP contribution < -0.4 is 11.1 Å². The van der Waals surface area contributed by atoms with Gasteiger partial charge in [-0.25, -0.2) is 10.1 Å². The average molecular weight is 310 g/mol. The number of thiophene rings is 1. The second-order valence-corrected chi connectivity index (χ2v) is 5.76. The van der Waals surface area contributed by atoms with Gasteiger partial charge in [-0.3, -0.25) is 14.2 Å². The Bertz CT molecular complexity index is 1110. The van der Waals surface area contributed by atoms with Gasteiger partial charge < -0.3 is 0 Å². The van der Waals surface area contributed by atoms with Gasteiger partial charge in [-0.15, -0.1) is 11.3 Å². The Kier molecular flexibility index (Phi) is 2.87. The number of H-pyrrole nitrogens is 1. The van der Waals surface area contributed by atoms with Crippen molar-refractivity contribution in [3.05, 3.63) is 68.4 Å². The Morgan fingerprint density at radius 1 is 1.09 bits per heavy atom. The highest BCUT2D eigenvalue weighted by molar-refractivity contribution is 7.16. The number of benzene rings is 1. The Labute approximate surface area is 127 Å². The number of aromatic nitrogens is 4. The van der Waals surface area contributed by atoms with Crippen molar-refractivity contribution >= 4 is 32.3 Å². The zero-order chi connectivity index (χ0) is 15.1. The number of nitrogens with zero attached hydrogens (tertiary/aromatic N) is 3. The standard InChI is InChI=1S/C15H10N4O2S/c20-13-10-4-2-1-3-9(10)12(17-18-13)7-19-8-16-14-11(15(19)21)5-6-22-14/h1-6,8H,7H2,(H,18,20). The monoisotopic (exact) mass is 310 g/mol. The summed E-state index contributed by atoms with van der Waals surface area (Å²) in [5.74, 6) is 0. The van der Waals surface area contributed by atoms with Gasteiger partial charge in [-0.2, -0.15) is 5.10 Å². The summed E-state index contributed by atoms with van der Waals surface area (Å²) in [4.78, 5) is 29.2. The number of rotatable bonds is 2. The molecule has 0 aliphatic rings. The molecule has 0 fully saturated rings. The molecule has 0 aliphatic heterocycles. The fourth-order valence-corrected chi connectivity index (χ4v) is 3.18. The van der Waals surface area contributed by atoms with Crippen molar-refractivity contribution in [3.8, 4) is 0 Å². The molecule has 6 nitrogen and oxygen atoms in total. The highest BCUT2D eigenvalue weighted by atomic mass is 32.1. The number of nitrogens with one attached hydrogen (secondary N) is 1. The maximum absolute atomic E-state index is 12.4. The van der Waals surface area contributed by atoms with Gasteiger partial charge in [-0.1, -0.05) is 18.2 Å². The van der Waals surface area contributed by atoms with E-state index >= 15 is 0 Å². The summed E-state index contributed by atoms with van der Waals surface area (Å²) >= 11 is 1.43. The van der Waals surface area contributed by atoms with Gasteiger partial charge in [-0.05, 0) is 17.5 Å². The van der Waals surface area contributed by atoms with Crippen molar-refractivity contribution in [1.82, 2.24) is 19.7 Å². The van der Waals surface area contributed by atoms with Crippen LogP contribution in [-0.4, -0.2) is 19.7 Å². The third-order valence-corrected chi connectivity index (χ3v) is 4.37. The van der Waals surface area contributed by atoms with Crippen LogP contribution in [0.25, 0.3) is 21.0 Å². The largest absolute Gasteiger partial charge is 0.292 e. The molecular weight excluding hydrogens is 300 g/mol. The van der Waals surface area contributed by atoms with Crippen molar-refractivity contribution < 1.29 is 0 Å². The zero-order valence-electron chi connectivity index (χ0n) is 11.3. The molecule has 4 rings (SSSR count). The lowest BCUT2D eigenvalue weighted by atomic mass is 10.1. The number of fused-ring (bicyclic) bond motifs is 2. The first-order chi connectivity index (χ1) is 10.7. The van der Waals surface area contributed by atoms with E-state index in [0.717, 1.165) is 10.2 Å². The number of hydrogen-bond donors (Lipinski definition) is 1. The first-order valence-electron chi connectivity index (χ1n) is 6.63. The summed E-state index contributed by atoms with van der Waals surface area (Å²) < 4.78 is 1.50. The van der Waals surface area contributed by atoms with Crippen LogP contribution in [0.3, 0.4) is 0 Å². The summed E-state index contributed by atoms with van der Waals surface area (Å²) in [5, 5.41) is 10.3. The summed E-state index contributed by atoms with van der Waals surface area (Å²) in [6.07, 6.45) is 1.52. The lowest BCUT2D eigenvalue weighted by molar-refractivity contribution is 0.721. The van der Waals surface area contributed by atoms with E-state index in [1.807, 2.05) is 17.5 Å². The van der Waals surface area contributed by atoms with Crippen LogP contribution in [0.2, 0.25) is 0 Å². The molecule has 0 unspecified atom stereocenters. The molecule has 1 aromatic carbocycles. The third-order valence-electron chi connectivity index (χ3n) is 3.55. The molecule has 0 radical (unpaired) electrons. The van der Waals surface area contributed by atoms with Gasteiger partial charge in [0, 0.05) is 5.39 Å². The lowest BCUT2D eigenvalue weighted by Gasteiger charge is -2.07. The molecule has 0 aliphatic carbocycles. The Morgan fingerprint density at radius 3 is 2.77 bits per heavy atom. The molecule has 0 spiro atoms. The van der Waals surface area contributed by atoms with E-state index in [4.69, 9.17) is 0 Å². The van der Waals surface area contributed by atoms with Gasteiger partial charge in [0.1, 0.15) is 4.83 Å². The van der Waals surface area contributed by atoms with E-state index in [-0.39, 0.29) is 17.7 Å². The topological polar surface area (TPSA) is 80.6 Å². The molecule has 4 aromatic rings. The third kappa shape index (κ3) is 1.94. The van der Waals surface area contributed by atoms with Crippen LogP contribution in [0.5, 0.6) is 0 Å². The molecule has 7 heteroatoms. The maximum Gasteiger partial charge on any atom is 0.272 e. The maximum atomic E-state index is 12.4.